The zero-order valence-corrected chi connectivity index (χ0v) is 17.0. The molecule has 0 saturated heterocycles. The second-order valence-corrected chi connectivity index (χ2v) is 9.74. The molecule has 0 aliphatic carbocycles. The predicted octanol–water partition coefficient (Wildman–Crippen LogP) is 3.14. The molecule has 1 atom stereocenters. The van der Waals surface area contributed by atoms with Crippen molar-refractivity contribution < 1.29 is 22.7 Å². The number of esters is 1. The van der Waals surface area contributed by atoms with Gasteiger partial charge in [-0.25, -0.2) is 8.42 Å². The van der Waals surface area contributed by atoms with Crippen LogP contribution in [0, 0.1) is 0 Å². The van der Waals surface area contributed by atoms with E-state index in [1.54, 1.807) is 20.8 Å². The Morgan fingerprint density at radius 1 is 1.08 bits per heavy atom. The summed E-state index contributed by atoms with van der Waals surface area (Å²) >= 11 is 5.78. The summed E-state index contributed by atoms with van der Waals surface area (Å²) in [4.78, 5) is 12.4. The molecular formula is C17H26ClNO5S. The van der Waals surface area contributed by atoms with Crippen LogP contribution in [0.1, 0.15) is 41.5 Å². The molecule has 1 rings (SSSR count). The molecule has 0 radical (unpaired) electrons. The van der Waals surface area contributed by atoms with Crippen LogP contribution in [0.25, 0.3) is 0 Å². The lowest BCUT2D eigenvalue weighted by atomic mass is 10.2. The van der Waals surface area contributed by atoms with Crippen LogP contribution >= 0.6 is 11.6 Å². The minimum Gasteiger partial charge on any atom is -0.459 e. The predicted molar refractivity (Wildman–Crippen MR) is 97.1 cm³/mol. The molecule has 1 unspecified atom stereocenters. The average Bonchev–Trinajstić information content (AvgIpc) is 2.41. The van der Waals surface area contributed by atoms with E-state index in [4.69, 9.17) is 21.1 Å². The fourth-order valence-electron chi connectivity index (χ4n) is 1.73. The third-order valence-electron chi connectivity index (χ3n) is 2.80. The van der Waals surface area contributed by atoms with Gasteiger partial charge >= 0.3 is 5.97 Å². The van der Waals surface area contributed by atoms with Gasteiger partial charge in [-0.05, 0) is 65.8 Å². The Morgan fingerprint density at radius 3 is 2.04 bits per heavy atom. The van der Waals surface area contributed by atoms with Crippen LogP contribution in [-0.2, 0) is 24.3 Å². The van der Waals surface area contributed by atoms with Crippen LogP contribution in [0.4, 0.5) is 0 Å². The summed E-state index contributed by atoms with van der Waals surface area (Å²) < 4.78 is 38.3. The highest BCUT2D eigenvalue weighted by atomic mass is 35.5. The van der Waals surface area contributed by atoms with Crippen LogP contribution in [0.15, 0.2) is 29.2 Å². The highest BCUT2D eigenvalue weighted by Gasteiger charge is 2.31. The van der Waals surface area contributed by atoms with E-state index in [1.807, 2.05) is 20.8 Å². The third-order valence-corrected chi connectivity index (χ3v) is 4.54. The number of carbonyl (C=O) groups is 1. The molecule has 0 aliphatic rings. The zero-order valence-electron chi connectivity index (χ0n) is 15.4. The molecule has 1 aromatic carbocycles. The van der Waals surface area contributed by atoms with Crippen molar-refractivity contribution in [3.63, 3.8) is 0 Å². The molecule has 0 saturated carbocycles. The largest absolute Gasteiger partial charge is 0.459 e. The second kappa shape index (κ2) is 8.03. The van der Waals surface area contributed by atoms with Crippen molar-refractivity contribution in [1.82, 2.24) is 4.72 Å². The van der Waals surface area contributed by atoms with Gasteiger partial charge < -0.3 is 9.47 Å². The number of sulfonamides is 1. The van der Waals surface area contributed by atoms with Gasteiger partial charge in [-0.15, -0.1) is 0 Å². The van der Waals surface area contributed by atoms with E-state index in [-0.39, 0.29) is 11.5 Å². The summed E-state index contributed by atoms with van der Waals surface area (Å²) in [5, 5.41) is 0.415. The number of hydrogen-bond acceptors (Lipinski definition) is 5. The van der Waals surface area contributed by atoms with Crippen LogP contribution < -0.4 is 4.72 Å². The van der Waals surface area contributed by atoms with Gasteiger partial charge in [0.1, 0.15) is 11.6 Å². The lowest BCUT2D eigenvalue weighted by Gasteiger charge is -2.27. The summed E-state index contributed by atoms with van der Waals surface area (Å²) in [6.07, 6.45) is 0. The number of nitrogens with one attached hydrogen (secondary N) is 1. The monoisotopic (exact) mass is 391 g/mol. The Morgan fingerprint density at radius 2 is 1.60 bits per heavy atom. The van der Waals surface area contributed by atoms with Crippen molar-refractivity contribution >= 4 is 27.6 Å². The van der Waals surface area contributed by atoms with Gasteiger partial charge in [0, 0.05) is 5.02 Å². The lowest BCUT2D eigenvalue weighted by Crippen LogP contribution is -2.48. The number of halogens is 1. The van der Waals surface area contributed by atoms with E-state index in [2.05, 4.69) is 4.72 Å². The van der Waals surface area contributed by atoms with E-state index >= 15 is 0 Å². The van der Waals surface area contributed by atoms with E-state index in [1.165, 1.54) is 24.3 Å². The molecule has 0 aromatic heterocycles. The summed E-state index contributed by atoms with van der Waals surface area (Å²) in [5.41, 5.74) is -1.28. The van der Waals surface area contributed by atoms with Crippen molar-refractivity contribution in [2.75, 3.05) is 6.61 Å². The number of hydrogen-bond donors (Lipinski definition) is 1. The summed E-state index contributed by atoms with van der Waals surface area (Å²) in [6.45, 7) is 10.4. The Kier molecular flexibility index (Phi) is 7.03. The molecular weight excluding hydrogens is 366 g/mol. The second-order valence-electron chi connectivity index (χ2n) is 7.58. The highest BCUT2D eigenvalue weighted by Crippen LogP contribution is 2.16. The maximum atomic E-state index is 12.5. The van der Waals surface area contributed by atoms with Crippen molar-refractivity contribution in [2.24, 2.45) is 0 Å². The molecule has 142 valence electrons. The maximum absolute atomic E-state index is 12.5. The first-order valence-electron chi connectivity index (χ1n) is 7.84. The molecule has 1 N–H and O–H groups in total. The normalized spacial score (nSPS) is 14.2. The van der Waals surface area contributed by atoms with E-state index in [0.29, 0.717) is 5.02 Å². The van der Waals surface area contributed by atoms with Gasteiger partial charge in [0.25, 0.3) is 0 Å². The fraction of sp³-hybridized carbons (Fsp3) is 0.588. The molecule has 25 heavy (non-hydrogen) atoms. The van der Waals surface area contributed by atoms with E-state index in [0.717, 1.165) is 0 Å². The first kappa shape index (κ1) is 21.9. The lowest BCUT2D eigenvalue weighted by molar-refractivity contribution is -0.159. The number of benzene rings is 1. The Labute approximate surface area is 154 Å². The molecule has 0 aliphatic heterocycles. The quantitative estimate of drug-likeness (QED) is 0.753. The van der Waals surface area contributed by atoms with Crippen LogP contribution in [-0.4, -0.2) is 38.2 Å². The van der Waals surface area contributed by atoms with Crippen molar-refractivity contribution in [1.29, 1.82) is 0 Å². The summed E-state index contributed by atoms with van der Waals surface area (Å²) in [7, 11) is -3.93. The molecule has 0 amide bonds. The molecule has 6 nitrogen and oxygen atoms in total. The summed E-state index contributed by atoms with van der Waals surface area (Å²) in [6, 6.07) is 4.48. The van der Waals surface area contributed by atoms with Crippen LogP contribution in [0.3, 0.4) is 0 Å². The third kappa shape index (κ3) is 8.18. The molecule has 0 heterocycles. The smallest absolute Gasteiger partial charge is 0.327 e. The molecule has 1 aromatic rings. The van der Waals surface area contributed by atoms with Gasteiger partial charge in [-0.2, -0.15) is 4.72 Å². The van der Waals surface area contributed by atoms with Crippen molar-refractivity contribution in [3.05, 3.63) is 29.3 Å². The number of rotatable bonds is 6. The average molecular weight is 392 g/mol. The SMILES string of the molecule is CC(C)(C)OCC(NS(=O)(=O)c1ccc(Cl)cc1)C(=O)OC(C)(C)C. The minimum absolute atomic E-state index is 0.00113. The molecule has 8 heteroatoms. The molecule has 0 fully saturated rings. The van der Waals surface area contributed by atoms with Gasteiger partial charge in [-0.1, -0.05) is 11.6 Å². The Hall–Kier alpha value is -1.15. The maximum Gasteiger partial charge on any atom is 0.327 e. The highest BCUT2D eigenvalue weighted by molar-refractivity contribution is 7.89. The fourth-order valence-corrected chi connectivity index (χ4v) is 3.02. The number of ether oxygens (including phenoxy) is 2. The van der Waals surface area contributed by atoms with Gasteiger partial charge in [-0.3, -0.25) is 4.79 Å². The standard InChI is InChI=1S/C17H26ClNO5S/c1-16(2,3)23-11-14(15(20)24-17(4,5)6)19-25(21,22)13-9-7-12(18)8-10-13/h7-10,14,19H,11H2,1-6H3. The Bertz CT molecular complexity index is 687. The zero-order chi connectivity index (χ0) is 19.5. The topological polar surface area (TPSA) is 81.7 Å². The van der Waals surface area contributed by atoms with Gasteiger partial charge in [0.15, 0.2) is 0 Å². The Balaban J connectivity index is 3.01. The van der Waals surface area contributed by atoms with E-state index < -0.39 is 33.2 Å². The van der Waals surface area contributed by atoms with Crippen LogP contribution in [0.5, 0.6) is 0 Å². The van der Waals surface area contributed by atoms with Crippen molar-refractivity contribution in [2.45, 2.75) is 63.7 Å². The molecule has 0 bridgehead atoms. The first-order chi connectivity index (χ1) is 11.2. The number of carbonyl (C=O) groups excluding carboxylic acids is 1. The van der Waals surface area contributed by atoms with Gasteiger partial charge in [0.05, 0.1) is 17.1 Å². The van der Waals surface area contributed by atoms with Crippen molar-refractivity contribution in [3.8, 4) is 0 Å². The summed E-state index contributed by atoms with van der Waals surface area (Å²) in [5.74, 6) is -0.700. The molecule has 0 spiro atoms. The van der Waals surface area contributed by atoms with E-state index in [9.17, 15) is 13.2 Å². The minimum atomic E-state index is -3.93. The first-order valence-corrected chi connectivity index (χ1v) is 9.70. The van der Waals surface area contributed by atoms with Gasteiger partial charge in [0.2, 0.25) is 10.0 Å². The van der Waals surface area contributed by atoms with Crippen LogP contribution in [0.2, 0.25) is 5.02 Å².